The highest BCUT2D eigenvalue weighted by Crippen LogP contribution is 2.13. The van der Waals surface area contributed by atoms with Crippen LogP contribution in [0.3, 0.4) is 0 Å². The van der Waals surface area contributed by atoms with Crippen LogP contribution in [0.5, 0.6) is 0 Å². The van der Waals surface area contributed by atoms with Gasteiger partial charge in [0.25, 0.3) is 5.56 Å². The van der Waals surface area contributed by atoms with Gasteiger partial charge in [0, 0.05) is 6.54 Å². The molecule has 0 fully saturated rings. The van der Waals surface area contributed by atoms with E-state index >= 15 is 0 Å². The minimum atomic E-state index is -0.598. The Morgan fingerprint density at radius 3 is 2.58 bits per heavy atom. The summed E-state index contributed by atoms with van der Waals surface area (Å²) in [4.78, 5) is 29.1. The number of rotatable bonds is 7. The Morgan fingerprint density at radius 1 is 1.27 bits per heavy atom. The van der Waals surface area contributed by atoms with E-state index in [0.717, 1.165) is 6.42 Å². The molecule has 1 aromatic carbocycles. The maximum absolute atomic E-state index is 12.7. The monoisotopic (exact) mass is 375 g/mol. The molecule has 26 heavy (non-hydrogen) atoms. The summed E-state index contributed by atoms with van der Waals surface area (Å²) in [6.45, 7) is 5.83. The van der Waals surface area contributed by atoms with Crippen LogP contribution in [0.25, 0.3) is 0 Å². The van der Waals surface area contributed by atoms with Crippen molar-refractivity contribution >= 4 is 23.4 Å². The van der Waals surface area contributed by atoms with Crippen LogP contribution in [0.1, 0.15) is 26.3 Å². The standard InChI is InChI=1S/C19H25N3O3S/c1-19(2,3)25-16(23)13-22-17(24)15(12-21-18(22)26-4)20-11-10-14-8-6-5-7-9-14/h5-9,12,20H,10-11,13H2,1-4H3. The van der Waals surface area contributed by atoms with Gasteiger partial charge in [0.1, 0.15) is 17.8 Å². The fourth-order valence-corrected chi connectivity index (χ4v) is 2.92. The molecule has 0 radical (unpaired) electrons. The van der Waals surface area contributed by atoms with Crippen LogP contribution in [0.4, 0.5) is 5.69 Å². The first-order valence-corrected chi connectivity index (χ1v) is 9.66. The topological polar surface area (TPSA) is 73.2 Å². The lowest BCUT2D eigenvalue weighted by atomic mass is 10.1. The molecule has 0 saturated carbocycles. The third-order valence-electron chi connectivity index (χ3n) is 3.47. The van der Waals surface area contributed by atoms with Gasteiger partial charge < -0.3 is 10.1 Å². The van der Waals surface area contributed by atoms with Gasteiger partial charge in [0.15, 0.2) is 5.16 Å². The summed E-state index contributed by atoms with van der Waals surface area (Å²) >= 11 is 1.32. The summed E-state index contributed by atoms with van der Waals surface area (Å²) in [5, 5.41) is 3.60. The lowest BCUT2D eigenvalue weighted by Gasteiger charge is -2.20. The van der Waals surface area contributed by atoms with Gasteiger partial charge in [-0.1, -0.05) is 42.1 Å². The minimum Gasteiger partial charge on any atom is -0.459 e. The fraction of sp³-hybridized carbons (Fsp3) is 0.421. The molecule has 2 aromatic rings. The van der Waals surface area contributed by atoms with E-state index in [2.05, 4.69) is 10.3 Å². The summed E-state index contributed by atoms with van der Waals surface area (Å²) in [6.07, 6.45) is 4.12. The summed E-state index contributed by atoms with van der Waals surface area (Å²) < 4.78 is 6.67. The average Bonchev–Trinajstić information content (AvgIpc) is 2.57. The van der Waals surface area contributed by atoms with Crippen LogP contribution in [0.15, 0.2) is 46.5 Å². The van der Waals surface area contributed by atoms with Crippen molar-refractivity contribution in [2.24, 2.45) is 0 Å². The molecule has 0 aliphatic carbocycles. The number of ether oxygens (including phenoxy) is 1. The molecule has 7 heteroatoms. The average molecular weight is 375 g/mol. The van der Waals surface area contributed by atoms with Crippen molar-refractivity contribution < 1.29 is 9.53 Å². The largest absolute Gasteiger partial charge is 0.459 e. The molecule has 0 saturated heterocycles. The first kappa shape index (κ1) is 20.0. The van der Waals surface area contributed by atoms with Gasteiger partial charge in [-0.15, -0.1) is 0 Å². The van der Waals surface area contributed by atoms with Crippen LogP contribution >= 0.6 is 11.8 Å². The second-order valence-electron chi connectivity index (χ2n) is 6.80. The maximum Gasteiger partial charge on any atom is 0.326 e. The molecule has 0 aliphatic heterocycles. The van der Waals surface area contributed by atoms with Crippen molar-refractivity contribution in [3.63, 3.8) is 0 Å². The molecule has 1 N–H and O–H groups in total. The number of aromatic nitrogens is 2. The number of nitrogens with zero attached hydrogens (tertiary/aromatic N) is 2. The molecule has 0 amide bonds. The zero-order valence-corrected chi connectivity index (χ0v) is 16.4. The van der Waals surface area contributed by atoms with Crippen molar-refractivity contribution in [2.75, 3.05) is 18.1 Å². The van der Waals surface area contributed by atoms with Crippen molar-refractivity contribution in [2.45, 2.75) is 44.5 Å². The summed E-state index contributed by atoms with van der Waals surface area (Å²) in [7, 11) is 0. The smallest absolute Gasteiger partial charge is 0.326 e. The molecule has 0 unspecified atom stereocenters. The van der Waals surface area contributed by atoms with Crippen molar-refractivity contribution in [1.29, 1.82) is 0 Å². The Kier molecular flexibility index (Phi) is 6.85. The molecule has 0 bridgehead atoms. The fourth-order valence-electron chi connectivity index (χ4n) is 2.39. The number of nitrogens with one attached hydrogen (secondary N) is 1. The van der Waals surface area contributed by atoms with Gasteiger partial charge in [-0.25, -0.2) is 4.98 Å². The van der Waals surface area contributed by atoms with Crippen LogP contribution in [-0.4, -0.2) is 33.9 Å². The first-order chi connectivity index (χ1) is 12.3. The van der Waals surface area contributed by atoms with E-state index in [1.165, 1.54) is 28.1 Å². The molecule has 0 aliphatic rings. The SMILES string of the molecule is CSc1ncc(NCCc2ccccc2)c(=O)n1CC(=O)OC(C)(C)C. The highest BCUT2D eigenvalue weighted by molar-refractivity contribution is 7.98. The Labute approximate surface area is 158 Å². The lowest BCUT2D eigenvalue weighted by molar-refractivity contribution is -0.155. The third kappa shape index (κ3) is 5.91. The van der Waals surface area contributed by atoms with Gasteiger partial charge in [0.05, 0.1) is 6.20 Å². The number of carbonyl (C=O) groups excluding carboxylic acids is 1. The van der Waals surface area contributed by atoms with Crippen molar-refractivity contribution in [3.05, 3.63) is 52.4 Å². The van der Waals surface area contributed by atoms with E-state index < -0.39 is 11.6 Å². The van der Waals surface area contributed by atoms with E-state index in [9.17, 15) is 9.59 Å². The molecule has 0 atom stereocenters. The Hall–Kier alpha value is -2.28. The predicted molar refractivity (Wildman–Crippen MR) is 105 cm³/mol. The minimum absolute atomic E-state index is 0.159. The number of hydrogen-bond donors (Lipinski definition) is 1. The zero-order valence-electron chi connectivity index (χ0n) is 15.6. The number of esters is 1. The number of thioether (sulfide) groups is 1. The third-order valence-corrected chi connectivity index (χ3v) is 4.16. The van der Waals surface area contributed by atoms with Crippen LogP contribution < -0.4 is 10.9 Å². The van der Waals surface area contributed by atoms with E-state index in [1.807, 2.05) is 36.6 Å². The molecular weight excluding hydrogens is 350 g/mol. The molecule has 6 nitrogen and oxygen atoms in total. The molecular formula is C19H25N3O3S. The number of anilines is 1. The van der Waals surface area contributed by atoms with Crippen LogP contribution in [0.2, 0.25) is 0 Å². The van der Waals surface area contributed by atoms with E-state index in [4.69, 9.17) is 4.74 Å². The van der Waals surface area contributed by atoms with Crippen molar-refractivity contribution in [1.82, 2.24) is 9.55 Å². The predicted octanol–water partition coefficient (Wildman–Crippen LogP) is 2.96. The molecule has 1 heterocycles. The summed E-state index contributed by atoms with van der Waals surface area (Å²) in [5.41, 5.74) is 0.687. The van der Waals surface area contributed by atoms with Crippen LogP contribution in [0, 0.1) is 0 Å². The highest BCUT2D eigenvalue weighted by atomic mass is 32.2. The second kappa shape index (κ2) is 8.89. The van der Waals surface area contributed by atoms with Gasteiger partial charge >= 0.3 is 5.97 Å². The second-order valence-corrected chi connectivity index (χ2v) is 7.57. The van der Waals surface area contributed by atoms with Crippen molar-refractivity contribution in [3.8, 4) is 0 Å². The lowest BCUT2D eigenvalue weighted by Crippen LogP contribution is -2.33. The van der Waals surface area contributed by atoms with Gasteiger partial charge in [-0.3, -0.25) is 14.2 Å². The van der Waals surface area contributed by atoms with E-state index in [0.29, 0.717) is 17.4 Å². The normalized spacial score (nSPS) is 11.2. The van der Waals surface area contributed by atoms with Gasteiger partial charge in [0.2, 0.25) is 0 Å². The Morgan fingerprint density at radius 2 is 1.96 bits per heavy atom. The van der Waals surface area contributed by atoms with Gasteiger partial charge in [-0.05, 0) is 39.0 Å². The Bertz CT molecular complexity index is 798. The summed E-state index contributed by atoms with van der Waals surface area (Å²) in [6, 6.07) is 10.0. The van der Waals surface area contributed by atoms with E-state index in [1.54, 1.807) is 20.8 Å². The maximum atomic E-state index is 12.7. The van der Waals surface area contributed by atoms with Gasteiger partial charge in [-0.2, -0.15) is 0 Å². The van der Waals surface area contributed by atoms with Crippen LogP contribution in [-0.2, 0) is 22.5 Å². The number of hydrogen-bond acceptors (Lipinski definition) is 6. The highest BCUT2D eigenvalue weighted by Gasteiger charge is 2.19. The first-order valence-electron chi connectivity index (χ1n) is 8.43. The number of carbonyl (C=O) groups is 1. The summed E-state index contributed by atoms with van der Waals surface area (Å²) in [5.74, 6) is -0.460. The quantitative estimate of drug-likeness (QED) is 0.456. The zero-order chi connectivity index (χ0) is 19.2. The molecule has 2 rings (SSSR count). The molecule has 1 aromatic heterocycles. The molecule has 0 spiro atoms. The number of benzene rings is 1. The van der Waals surface area contributed by atoms with E-state index in [-0.39, 0.29) is 12.1 Å². The molecule has 140 valence electrons. The Balaban J connectivity index is 2.11.